The first-order chi connectivity index (χ1) is 14.1. The number of hydrogen-bond donors (Lipinski definition) is 0. The molecule has 1 fully saturated rings. The predicted molar refractivity (Wildman–Crippen MR) is 110 cm³/mol. The molecule has 5 heteroatoms. The number of anilines is 1. The quantitative estimate of drug-likeness (QED) is 0.614. The Bertz CT molecular complexity index is 1120. The number of carbonyl (C=O) groups is 2. The Morgan fingerprint density at radius 1 is 1.10 bits per heavy atom. The van der Waals surface area contributed by atoms with Gasteiger partial charge < -0.3 is 14.4 Å². The molecule has 3 aromatic rings. The minimum Gasteiger partial charge on any atom is -0.462 e. The van der Waals surface area contributed by atoms with Gasteiger partial charge in [-0.1, -0.05) is 48.5 Å². The van der Waals surface area contributed by atoms with E-state index in [9.17, 15) is 9.59 Å². The molecular formula is C24H21NO4. The Kier molecular flexibility index (Phi) is 4.05. The summed E-state index contributed by atoms with van der Waals surface area (Å²) in [4.78, 5) is 27.7. The predicted octanol–water partition coefficient (Wildman–Crippen LogP) is 4.61. The number of hydrogen-bond acceptors (Lipinski definition) is 5. The second kappa shape index (κ2) is 6.62. The summed E-state index contributed by atoms with van der Waals surface area (Å²) in [7, 11) is 0. The summed E-state index contributed by atoms with van der Waals surface area (Å²) in [5.41, 5.74) is 0.854. The maximum atomic E-state index is 13.0. The lowest BCUT2D eigenvalue weighted by Gasteiger charge is -2.43. The molecule has 0 amide bonds. The highest BCUT2D eigenvalue weighted by atomic mass is 16.6. The molecule has 1 saturated heterocycles. The number of benzene rings is 3. The second-order valence-corrected chi connectivity index (χ2v) is 7.44. The van der Waals surface area contributed by atoms with Crippen molar-refractivity contribution in [2.24, 2.45) is 0 Å². The number of fused-ring (bicyclic) bond motifs is 4. The van der Waals surface area contributed by atoms with E-state index in [0.717, 1.165) is 16.3 Å². The normalized spacial score (nSPS) is 22.7. The Labute approximate surface area is 168 Å². The van der Waals surface area contributed by atoms with Gasteiger partial charge in [0.15, 0.2) is 0 Å². The molecule has 5 rings (SSSR count). The lowest BCUT2D eigenvalue weighted by Crippen LogP contribution is -2.58. The maximum Gasteiger partial charge on any atom is 0.372 e. The molecule has 0 unspecified atom stereocenters. The van der Waals surface area contributed by atoms with Crippen LogP contribution in [0.5, 0.6) is 0 Å². The van der Waals surface area contributed by atoms with Gasteiger partial charge in [0, 0.05) is 6.42 Å². The highest BCUT2D eigenvalue weighted by molar-refractivity contribution is 6.03. The van der Waals surface area contributed by atoms with Crippen LogP contribution in [-0.4, -0.2) is 24.3 Å². The van der Waals surface area contributed by atoms with Gasteiger partial charge in [0.1, 0.15) is 0 Å². The molecule has 2 aliphatic rings. The second-order valence-electron chi connectivity index (χ2n) is 7.44. The van der Waals surface area contributed by atoms with Crippen LogP contribution in [0.25, 0.3) is 10.8 Å². The molecular weight excluding hydrogens is 366 g/mol. The molecule has 5 nitrogen and oxygen atoms in total. The fourth-order valence-electron chi connectivity index (χ4n) is 4.58. The summed E-state index contributed by atoms with van der Waals surface area (Å²) in [6, 6.07) is 21.7. The Hall–Kier alpha value is -3.34. The van der Waals surface area contributed by atoms with Crippen molar-refractivity contribution in [1.82, 2.24) is 0 Å². The molecule has 2 heterocycles. The molecule has 0 N–H and O–H groups in total. The largest absolute Gasteiger partial charge is 0.462 e. The first-order valence-electron chi connectivity index (χ1n) is 9.92. The third-order valence-corrected chi connectivity index (χ3v) is 5.86. The van der Waals surface area contributed by atoms with Crippen molar-refractivity contribution in [3.05, 3.63) is 77.9 Å². The average Bonchev–Trinajstić information content (AvgIpc) is 3.14. The van der Waals surface area contributed by atoms with Gasteiger partial charge in [-0.2, -0.15) is 0 Å². The molecule has 0 aromatic heterocycles. The van der Waals surface area contributed by atoms with Crippen LogP contribution in [0, 0.1) is 0 Å². The highest BCUT2D eigenvalue weighted by Crippen LogP contribution is 2.51. The molecule has 0 spiro atoms. The number of nitrogens with zero attached hydrogens (tertiary/aromatic N) is 1. The van der Waals surface area contributed by atoms with Gasteiger partial charge in [0.25, 0.3) is 5.72 Å². The van der Waals surface area contributed by atoms with Gasteiger partial charge in [-0.15, -0.1) is 0 Å². The van der Waals surface area contributed by atoms with Crippen LogP contribution in [0.1, 0.15) is 41.7 Å². The lowest BCUT2D eigenvalue weighted by molar-refractivity contribution is -0.165. The van der Waals surface area contributed by atoms with E-state index in [1.807, 2.05) is 29.2 Å². The number of para-hydroxylation sites is 1. The van der Waals surface area contributed by atoms with Gasteiger partial charge in [0.05, 0.1) is 23.9 Å². The summed E-state index contributed by atoms with van der Waals surface area (Å²) in [5, 5.41) is 2.30. The van der Waals surface area contributed by atoms with E-state index in [1.54, 1.807) is 19.1 Å². The minimum atomic E-state index is -1.42. The van der Waals surface area contributed by atoms with Gasteiger partial charge in [-0.3, -0.25) is 0 Å². The minimum absolute atomic E-state index is 0.0988. The smallest absolute Gasteiger partial charge is 0.372 e. The molecule has 2 aliphatic heterocycles. The van der Waals surface area contributed by atoms with E-state index in [2.05, 4.69) is 30.3 Å². The molecule has 146 valence electrons. The van der Waals surface area contributed by atoms with E-state index in [-0.39, 0.29) is 12.6 Å². The molecule has 2 atom stereocenters. The van der Waals surface area contributed by atoms with Crippen molar-refractivity contribution < 1.29 is 19.1 Å². The zero-order chi connectivity index (χ0) is 20.0. The van der Waals surface area contributed by atoms with E-state index < -0.39 is 17.7 Å². The maximum absolute atomic E-state index is 13.0. The van der Waals surface area contributed by atoms with Crippen molar-refractivity contribution in [3.63, 3.8) is 0 Å². The first kappa shape index (κ1) is 17.7. The summed E-state index contributed by atoms with van der Waals surface area (Å²) in [5.74, 6) is -0.991. The summed E-state index contributed by atoms with van der Waals surface area (Å²) in [6.45, 7) is 1.99. The monoisotopic (exact) mass is 387 g/mol. The third kappa shape index (κ3) is 2.61. The Morgan fingerprint density at radius 2 is 1.86 bits per heavy atom. The number of carbonyl (C=O) groups excluding carboxylic acids is 2. The topological polar surface area (TPSA) is 55.8 Å². The van der Waals surface area contributed by atoms with Crippen molar-refractivity contribution in [1.29, 1.82) is 0 Å². The van der Waals surface area contributed by atoms with Crippen LogP contribution in [0.3, 0.4) is 0 Å². The zero-order valence-corrected chi connectivity index (χ0v) is 16.1. The SMILES string of the molecule is CCOC(=O)[C@@]12CC[C@@H](c3ccc4ccccc4c3)N1c1ccccc1C(=O)O2. The van der Waals surface area contributed by atoms with Crippen LogP contribution >= 0.6 is 0 Å². The van der Waals surface area contributed by atoms with Crippen LogP contribution in [-0.2, 0) is 14.3 Å². The van der Waals surface area contributed by atoms with Crippen LogP contribution in [0.2, 0.25) is 0 Å². The average molecular weight is 387 g/mol. The lowest BCUT2D eigenvalue weighted by atomic mass is 9.99. The first-order valence-corrected chi connectivity index (χ1v) is 9.92. The standard InChI is InChI=1S/C24H21NO4/c1-2-28-23(27)24-14-13-20(18-12-11-16-7-3-4-8-17(16)15-18)25(24)21-10-6-5-9-19(21)22(26)29-24/h3-12,15,20H,2,13-14H2,1H3/t20-,24-/m0/s1. The van der Waals surface area contributed by atoms with E-state index in [4.69, 9.17) is 9.47 Å². The van der Waals surface area contributed by atoms with Crippen molar-refractivity contribution in [2.75, 3.05) is 11.5 Å². The van der Waals surface area contributed by atoms with E-state index in [0.29, 0.717) is 24.1 Å². The zero-order valence-electron chi connectivity index (χ0n) is 16.1. The van der Waals surface area contributed by atoms with E-state index >= 15 is 0 Å². The molecule has 0 radical (unpaired) electrons. The highest BCUT2D eigenvalue weighted by Gasteiger charge is 2.59. The Morgan fingerprint density at radius 3 is 2.69 bits per heavy atom. The van der Waals surface area contributed by atoms with Crippen LogP contribution in [0.4, 0.5) is 5.69 Å². The van der Waals surface area contributed by atoms with Gasteiger partial charge in [0.2, 0.25) is 0 Å². The molecule has 0 aliphatic carbocycles. The Balaban J connectivity index is 1.67. The van der Waals surface area contributed by atoms with Crippen LogP contribution < -0.4 is 4.90 Å². The third-order valence-electron chi connectivity index (χ3n) is 5.86. The van der Waals surface area contributed by atoms with Gasteiger partial charge in [-0.05, 0) is 47.9 Å². The summed E-state index contributed by atoms with van der Waals surface area (Å²) >= 11 is 0. The molecule has 0 bridgehead atoms. The fourth-order valence-corrected chi connectivity index (χ4v) is 4.58. The molecule has 3 aromatic carbocycles. The van der Waals surface area contributed by atoms with Gasteiger partial charge in [-0.25, -0.2) is 9.59 Å². The number of rotatable bonds is 3. The van der Waals surface area contributed by atoms with Gasteiger partial charge >= 0.3 is 11.9 Å². The van der Waals surface area contributed by atoms with Crippen molar-refractivity contribution in [3.8, 4) is 0 Å². The van der Waals surface area contributed by atoms with Crippen molar-refractivity contribution in [2.45, 2.75) is 31.5 Å². The molecule has 29 heavy (non-hydrogen) atoms. The fraction of sp³-hybridized carbons (Fsp3) is 0.250. The summed E-state index contributed by atoms with van der Waals surface area (Å²) < 4.78 is 11.1. The number of esters is 2. The number of ether oxygens (including phenoxy) is 2. The van der Waals surface area contributed by atoms with Crippen molar-refractivity contribution >= 4 is 28.4 Å². The summed E-state index contributed by atoms with van der Waals surface area (Å²) in [6.07, 6.45) is 1.07. The van der Waals surface area contributed by atoms with E-state index in [1.165, 1.54) is 0 Å². The molecule has 0 saturated carbocycles. The van der Waals surface area contributed by atoms with Crippen LogP contribution in [0.15, 0.2) is 66.7 Å².